The predicted octanol–water partition coefficient (Wildman–Crippen LogP) is 0.974. The van der Waals surface area contributed by atoms with Crippen molar-refractivity contribution in [3.05, 3.63) is 35.9 Å². The third-order valence-electron chi connectivity index (χ3n) is 2.06. The second-order valence-corrected chi connectivity index (χ2v) is 3.23. The van der Waals surface area contributed by atoms with Crippen LogP contribution >= 0.6 is 0 Å². The SMILES string of the molecule is C#CC[C@@H](O)[C@H](O)Cc1ccccc1. The van der Waals surface area contributed by atoms with E-state index in [1.165, 1.54) is 0 Å². The van der Waals surface area contributed by atoms with Crippen LogP contribution in [0.2, 0.25) is 0 Å². The molecule has 0 aliphatic heterocycles. The lowest BCUT2D eigenvalue weighted by molar-refractivity contribution is 0.0235. The second kappa shape index (κ2) is 5.43. The zero-order valence-corrected chi connectivity index (χ0v) is 7.93. The Kier molecular flexibility index (Phi) is 4.18. The van der Waals surface area contributed by atoms with Gasteiger partial charge in [0.2, 0.25) is 0 Å². The second-order valence-electron chi connectivity index (χ2n) is 3.23. The smallest absolute Gasteiger partial charge is 0.0911 e. The maximum Gasteiger partial charge on any atom is 0.0911 e. The molecule has 0 unspecified atom stereocenters. The molecule has 0 bridgehead atoms. The summed E-state index contributed by atoms with van der Waals surface area (Å²) in [5.74, 6) is 2.32. The van der Waals surface area contributed by atoms with Gasteiger partial charge in [-0.2, -0.15) is 0 Å². The Labute approximate surface area is 84.2 Å². The molecule has 0 aromatic heterocycles. The Balaban J connectivity index is 2.49. The van der Waals surface area contributed by atoms with Crippen molar-refractivity contribution >= 4 is 0 Å². The van der Waals surface area contributed by atoms with Gasteiger partial charge in [-0.05, 0) is 5.56 Å². The average molecular weight is 190 g/mol. The zero-order valence-electron chi connectivity index (χ0n) is 7.93. The van der Waals surface area contributed by atoms with Crippen LogP contribution in [-0.2, 0) is 6.42 Å². The van der Waals surface area contributed by atoms with E-state index in [0.717, 1.165) is 5.56 Å². The average Bonchev–Trinajstić information content (AvgIpc) is 2.19. The first kappa shape index (κ1) is 10.8. The third-order valence-corrected chi connectivity index (χ3v) is 2.06. The molecule has 74 valence electrons. The molecule has 0 saturated heterocycles. The lowest BCUT2D eigenvalue weighted by Crippen LogP contribution is -2.27. The van der Waals surface area contributed by atoms with Crippen molar-refractivity contribution in [1.29, 1.82) is 0 Å². The van der Waals surface area contributed by atoms with Crippen molar-refractivity contribution in [1.82, 2.24) is 0 Å². The molecule has 0 fully saturated rings. The van der Waals surface area contributed by atoms with Crippen LogP contribution in [0.4, 0.5) is 0 Å². The van der Waals surface area contributed by atoms with Gasteiger partial charge in [-0.1, -0.05) is 30.3 Å². The van der Waals surface area contributed by atoms with E-state index in [9.17, 15) is 10.2 Å². The Bertz CT molecular complexity index is 300. The molecular formula is C12H14O2. The standard InChI is InChI=1S/C12H14O2/c1-2-6-11(13)12(14)9-10-7-4-3-5-8-10/h1,3-5,7-8,11-14H,6,9H2/t11-,12-/m1/s1. The van der Waals surface area contributed by atoms with Gasteiger partial charge in [-0.15, -0.1) is 12.3 Å². The highest BCUT2D eigenvalue weighted by molar-refractivity contribution is 5.15. The van der Waals surface area contributed by atoms with Gasteiger partial charge in [-0.3, -0.25) is 0 Å². The molecule has 0 saturated carbocycles. The predicted molar refractivity (Wildman–Crippen MR) is 55.6 cm³/mol. The van der Waals surface area contributed by atoms with Crippen LogP contribution in [0, 0.1) is 12.3 Å². The number of aliphatic hydroxyl groups excluding tert-OH is 2. The maximum absolute atomic E-state index is 9.56. The number of aliphatic hydroxyl groups is 2. The summed E-state index contributed by atoms with van der Waals surface area (Å²) in [5.41, 5.74) is 0.996. The van der Waals surface area contributed by atoms with Gasteiger partial charge in [0.25, 0.3) is 0 Å². The molecule has 2 heteroatoms. The summed E-state index contributed by atoms with van der Waals surface area (Å²) in [4.78, 5) is 0. The lowest BCUT2D eigenvalue weighted by Gasteiger charge is -2.15. The number of rotatable bonds is 4. The van der Waals surface area contributed by atoms with E-state index in [0.29, 0.717) is 6.42 Å². The molecule has 2 nitrogen and oxygen atoms in total. The normalized spacial score (nSPS) is 14.4. The molecule has 0 spiro atoms. The molecule has 2 atom stereocenters. The van der Waals surface area contributed by atoms with E-state index in [1.807, 2.05) is 30.3 Å². The molecule has 1 aromatic rings. The summed E-state index contributed by atoms with van der Waals surface area (Å²) in [6.45, 7) is 0. The topological polar surface area (TPSA) is 40.5 Å². The highest BCUT2D eigenvalue weighted by Gasteiger charge is 2.14. The van der Waals surface area contributed by atoms with Gasteiger partial charge >= 0.3 is 0 Å². The quantitative estimate of drug-likeness (QED) is 0.695. The van der Waals surface area contributed by atoms with Gasteiger partial charge in [0.15, 0.2) is 0 Å². The molecule has 1 aromatic carbocycles. The van der Waals surface area contributed by atoms with E-state index in [4.69, 9.17) is 6.42 Å². The minimum absolute atomic E-state index is 0.188. The monoisotopic (exact) mass is 190 g/mol. The van der Waals surface area contributed by atoms with Crippen molar-refractivity contribution in [2.45, 2.75) is 25.0 Å². The van der Waals surface area contributed by atoms with Crippen molar-refractivity contribution in [2.24, 2.45) is 0 Å². The van der Waals surface area contributed by atoms with Crippen molar-refractivity contribution in [3.8, 4) is 12.3 Å². The van der Waals surface area contributed by atoms with Crippen LogP contribution in [0.15, 0.2) is 30.3 Å². The number of hydrogen-bond donors (Lipinski definition) is 2. The van der Waals surface area contributed by atoms with Crippen LogP contribution in [0.25, 0.3) is 0 Å². The summed E-state index contributed by atoms with van der Waals surface area (Å²) in [7, 11) is 0. The molecule has 14 heavy (non-hydrogen) atoms. The highest BCUT2D eigenvalue weighted by atomic mass is 16.3. The van der Waals surface area contributed by atoms with E-state index in [1.54, 1.807) is 0 Å². The number of hydrogen-bond acceptors (Lipinski definition) is 2. The van der Waals surface area contributed by atoms with Crippen molar-refractivity contribution in [2.75, 3.05) is 0 Å². The lowest BCUT2D eigenvalue weighted by atomic mass is 10.0. The number of terminal acetylenes is 1. The Morgan fingerprint density at radius 1 is 1.14 bits per heavy atom. The summed E-state index contributed by atoms with van der Waals surface area (Å²) < 4.78 is 0. The molecular weight excluding hydrogens is 176 g/mol. The van der Waals surface area contributed by atoms with E-state index >= 15 is 0 Å². The molecule has 2 N–H and O–H groups in total. The zero-order chi connectivity index (χ0) is 10.4. The summed E-state index contributed by atoms with van der Waals surface area (Å²) in [6.07, 6.45) is 4.05. The highest BCUT2D eigenvalue weighted by Crippen LogP contribution is 2.07. The van der Waals surface area contributed by atoms with Crippen LogP contribution in [0.5, 0.6) is 0 Å². The summed E-state index contributed by atoms with van der Waals surface area (Å²) >= 11 is 0. The first-order valence-electron chi connectivity index (χ1n) is 4.57. The Morgan fingerprint density at radius 2 is 1.79 bits per heavy atom. The minimum atomic E-state index is -0.833. The molecule has 0 amide bonds. The molecule has 0 aliphatic rings. The van der Waals surface area contributed by atoms with Crippen molar-refractivity contribution < 1.29 is 10.2 Å². The Morgan fingerprint density at radius 3 is 2.36 bits per heavy atom. The first-order valence-corrected chi connectivity index (χ1v) is 4.57. The molecule has 0 aliphatic carbocycles. The van der Waals surface area contributed by atoms with E-state index in [2.05, 4.69) is 5.92 Å². The maximum atomic E-state index is 9.56. The van der Waals surface area contributed by atoms with Crippen molar-refractivity contribution in [3.63, 3.8) is 0 Å². The van der Waals surface area contributed by atoms with Gasteiger partial charge in [0.1, 0.15) is 0 Å². The van der Waals surface area contributed by atoms with Gasteiger partial charge in [-0.25, -0.2) is 0 Å². The van der Waals surface area contributed by atoms with E-state index < -0.39 is 12.2 Å². The largest absolute Gasteiger partial charge is 0.390 e. The van der Waals surface area contributed by atoms with Crippen LogP contribution in [0.3, 0.4) is 0 Å². The minimum Gasteiger partial charge on any atom is -0.390 e. The fraction of sp³-hybridized carbons (Fsp3) is 0.333. The molecule has 1 rings (SSSR count). The van der Waals surface area contributed by atoms with Crippen LogP contribution in [0.1, 0.15) is 12.0 Å². The Hall–Kier alpha value is -1.30. The van der Waals surface area contributed by atoms with Gasteiger partial charge in [0.05, 0.1) is 12.2 Å². The fourth-order valence-electron chi connectivity index (χ4n) is 1.25. The van der Waals surface area contributed by atoms with Gasteiger partial charge < -0.3 is 10.2 Å². The number of benzene rings is 1. The van der Waals surface area contributed by atoms with E-state index in [-0.39, 0.29) is 6.42 Å². The summed E-state index contributed by atoms with van der Waals surface area (Å²) in [6, 6.07) is 9.52. The molecule has 0 radical (unpaired) electrons. The third kappa shape index (κ3) is 3.21. The van der Waals surface area contributed by atoms with Crippen LogP contribution < -0.4 is 0 Å². The first-order chi connectivity index (χ1) is 6.74. The molecule has 0 heterocycles. The summed E-state index contributed by atoms with van der Waals surface area (Å²) in [5, 5.41) is 18.9. The fourth-order valence-corrected chi connectivity index (χ4v) is 1.25. The van der Waals surface area contributed by atoms with Gasteiger partial charge in [0, 0.05) is 12.8 Å². The van der Waals surface area contributed by atoms with Crippen LogP contribution in [-0.4, -0.2) is 22.4 Å².